The summed E-state index contributed by atoms with van der Waals surface area (Å²) in [7, 11) is 0. The number of hydrogen-bond acceptors (Lipinski definition) is 6. The number of fused-ring (bicyclic) bond motifs is 9. The molecule has 4 aromatic heterocycles. The van der Waals surface area contributed by atoms with E-state index in [0.717, 1.165) is 36.5 Å². The van der Waals surface area contributed by atoms with E-state index in [4.69, 9.17) is 27.9 Å². The highest BCUT2D eigenvalue weighted by Crippen LogP contribution is 2.41. The average Bonchev–Trinajstić information content (AvgIpc) is 3.94. The third-order valence-electron chi connectivity index (χ3n) is 9.26. The van der Waals surface area contributed by atoms with Crippen LogP contribution >= 0.6 is 11.3 Å². The second kappa shape index (κ2) is 10.9. The zero-order valence-electron chi connectivity index (χ0n) is 32.5. The molecule has 11 aromatic rings. The number of aromatic nitrogens is 3. The summed E-state index contributed by atoms with van der Waals surface area (Å²) in [4.78, 5) is 14.7. The summed E-state index contributed by atoms with van der Waals surface area (Å²) in [6.07, 6.45) is 0. The lowest BCUT2D eigenvalue weighted by atomic mass is 10.0. The standard InChI is InChI=1S/C45H25N3O2S/c1-2-10-26(11-3-1)43-46-44(48-45(47-43)35-16-9-19-40-41(35)34-13-5-7-18-39(34)51-40)28-21-23-32-33-15-8-14-29(42(33)50-38(32)25-28)27-20-22-31-30-12-4-6-17-36(30)49-37(31)24-27/h1-25H/i8D,14D,15D,21D,23D,25D. The van der Waals surface area contributed by atoms with Crippen molar-refractivity contribution in [3.05, 3.63) is 152 Å². The Bertz CT molecular complexity index is 3510. The SMILES string of the molecule is [2H]c1c([2H])c([2H])c2c(oc3c([2H])c(-c4nc(-c5ccccc5)nc(-c5cccc6sc7ccccc7c56)n4)c([2H])c([2H])c32)c1-c1ccc2c(c1)oc1ccccc12. The number of thiophene rings is 1. The maximum Gasteiger partial charge on any atom is 0.164 e. The molecule has 0 unspecified atom stereocenters. The molecule has 4 heterocycles. The van der Waals surface area contributed by atoms with Gasteiger partial charge in [0.15, 0.2) is 17.5 Å². The van der Waals surface area contributed by atoms with Gasteiger partial charge in [-0.25, -0.2) is 15.0 Å². The van der Waals surface area contributed by atoms with E-state index < -0.39 is 0 Å². The Balaban J connectivity index is 1.18. The van der Waals surface area contributed by atoms with Crippen molar-refractivity contribution in [3.8, 4) is 45.3 Å². The van der Waals surface area contributed by atoms with E-state index in [1.165, 1.54) is 0 Å². The van der Waals surface area contributed by atoms with Crippen LogP contribution in [-0.4, -0.2) is 15.0 Å². The van der Waals surface area contributed by atoms with Crippen LogP contribution in [0.1, 0.15) is 8.22 Å². The number of hydrogen-bond donors (Lipinski definition) is 0. The maximum absolute atomic E-state index is 9.57. The first-order valence-corrected chi connectivity index (χ1v) is 17.2. The van der Waals surface area contributed by atoms with Crippen molar-refractivity contribution in [3.63, 3.8) is 0 Å². The van der Waals surface area contributed by atoms with Crippen molar-refractivity contribution in [2.75, 3.05) is 0 Å². The Kier molecular flexibility index (Phi) is 4.91. The number of furan rings is 2. The second-order valence-electron chi connectivity index (χ2n) is 12.3. The molecular weight excluding hydrogens is 647 g/mol. The second-order valence-corrected chi connectivity index (χ2v) is 13.4. The van der Waals surface area contributed by atoms with E-state index in [2.05, 4.69) is 18.2 Å². The van der Waals surface area contributed by atoms with Gasteiger partial charge in [0.1, 0.15) is 22.3 Å². The van der Waals surface area contributed by atoms with E-state index in [1.807, 2.05) is 91.0 Å². The van der Waals surface area contributed by atoms with Crippen LogP contribution in [0.15, 0.2) is 160 Å². The average molecular weight is 678 g/mol. The lowest BCUT2D eigenvalue weighted by molar-refractivity contribution is 0.668. The molecule has 0 aliphatic carbocycles. The van der Waals surface area contributed by atoms with Crippen molar-refractivity contribution in [1.29, 1.82) is 0 Å². The lowest BCUT2D eigenvalue weighted by Crippen LogP contribution is -2.00. The summed E-state index contributed by atoms with van der Waals surface area (Å²) >= 11 is 1.67. The predicted molar refractivity (Wildman–Crippen MR) is 209 cm³/mol. The van der Waals surface area contributed by atoms with Gasteiger partial charge in [-0.1, -0.05) is 109 Å². The van der Waals surface area contributed by atoms with Gasteiger partial charge < -0.3 is 8.83 Å². The minimum absolute atomic E-state index is 0.0188. The molecule has 0 bridgehead atoms. The molecule has 7 aromatic carbocycles. The fraction of sp³-hybridized carbons (Fsp3) is 0. The van der Waals surface area contributed by atoms with E-state index in [-0.39, 0.29) is 75.1 Å². The highest BCUT2D eigenvalue weighted by atomic mass is 32.1. The monoisotopic (exact) mass is 677 g/mol. The van der Waals surface area contributed by atoms with Crippen LogP contribution in [0.3, 0.4) is 0 Å². The third-order valence-corrected chi connectivity index (χ3v) is 10.4. The molecule has 5 nitrogen and oxygen atoms in total. The Morgan fingerprint density at radius 1 is 0.471 bits per heavy atom. The van der Waals surface area contributed by atoms with E-state index in [0.29, 0.717) is 33.9 Å². The summed E-state index contributed by atoms with van der Waals surface area (Å²) in [6, 6.07) is 34.8. The molecular formula is C45H25N3O2S. The topological polar surface area (TPSA) is 65.0 Å². The molecule has 0 spiro atoms. The van der Waals surface area contributed by atoms with Crippen molar-refractivity contribution >= 4 is 75.4 Å². The summed E-state index contributed by atoms with van der Waals surface area (Å²) in [5.41, 5.74) is 3.44. The first-order chi connectivity index (χ1) is 27.8. The van der Waals surface area contributed by atoms with Gasteiger partial charge in [-0.15, -0.1) is 11.3 Å². The molecule has 0 amide bonds. The molecule has 0 fully saturated rings. The van der Waals surface area contributed by atoms with Gasteiger partial charge >= 0.3 is 0 Å². The molecule has 11 rings (SSSR count). The molecule has 51 heavy (non-hydrogen) atoms. The van der Waals surface area contributed by atoms with E-state index >= 15 is 0 Å². The van der Waals surface area contributed by atoms with Crippen molar-refractivity contribution < 1.29 is 17.1 Å². The predicted octanol–water partition coefficient (Wildman–Crippen LogP) is 12.7. The Labute approximate surface area is 303 Å². The maximum atomic E-state index is 9.57. The number of para-hydroxylation sites is 2. The molecule has 0 saturated carbocycles. The van der Waals surface area contributed by atoms with Crippen LogP contribution in [0.5, 0.6) is 0 Å². The van der Waals surface area contributed by atoms with Crippen molar-refractivity contribution in [1.82, 2.24) is 15.0 Å². The van der Waals surface area contributed by atoms with Crippen molar-refractivity contribution in [2.45, 2.75) is 0 Å². The van der Waals surface area contributed by atoms with Crippen LogP contribution in [0.2, 0.25) is 0 Å². The molecule has 0 radical (unpaired) electrons. The minimum Gasteiger partial charge on any atom is -0.456 e. The number of rotatable bonds is 4. The highest BCUT2D eigenvalue weighted by Gasteiger charge is 2.19. The fourth-order valence-electron chi connectivity index (χ4n) is 6.90. The zero-order chi connectivity index (χ0) is 38.7. The van der Waals surface area contributed by atoms with Crippen LogP contribution in [0.25, 0.3) is 109 Å². The van der Waals surface area contributed by atoms with Crippen LogP contribution < -0.4 is 0 Å². The summed E-state index contributed by atoms with van der Waals surface area (Å²) in [5.74, 6) is 0.694. The Morgan fingerprint density at radius 2 is 1.24 bits per heavy atom. The highest BCUT2D eigenvalue weighted by molar-refractivity contribution is 7.25. The van der Waals surface area contributed by atoms with Gasteiger partial charge in [-0.3, -0.25) is 0 Å². The molecule has 238 valence electrons. The summed E-state index contributed by atoms with van der Waals surface area (Å²) in [5, 5.41) is 3.98. The largest absolute Gasteiger partial charge is 0.456 e. The normalized spacial score (nSPS) is 13.6. The van der Waals surface area contributed by atoms with E-state index in [9.17, 15) is 4.11 Å². The molecule has 0 N–H and O–H groups in total. The molecule has 0 aliphatic rings. The number of nitrogens with zero attached hydrogens (tertiary/aromatic N) is 3. The first-order valence-electron chi connectivity index (χ1n) is 19.4. The van der Waals surface area contributed by atoms with Gasteiger partial charge in [0.2, 0.25) is 0 Å². The first kappa shape index (κ1) is 22.9. The quantitative estimate of drug-likeness (QED) is 0.185. The van der Waals surface area contributed by atoms with Gasteiger partial charge in [0.05, 0.1) is 8.22 Å². The third kappa shape index (κ3) is 4.43. The van der Waals surface area contributed by atoms with Gasteiger partial charge in [-0.05, 0) is 48.0 Å². The molecule has 0 atom stereocenters. The fourth-order valence-corrected chi connectivity index (χ4v) is 8.03. The van der Waals surface area contributed by atoms with Gasteiger partial charge in [-0.2, -0.15) is 0 Å². The van der Waals surface area contributed by atoms with E-state index in [1.54, 1.807) is 17.4 Å². The molecule has 6 heteroatoms. The lowest BCUT2D eigenvalue weighted by Gasteiger charge is -2.09. The van der Waals surface area contributed by atoms with Crippen LogP contribution in [0, 0.1) is 0 Å². The summed E-state index contributed by atoms with van der Waals surface area (Å²) in [6.45, 7) is 0. The number of benzene rings is 7. The summed E-state index contributed by atoms with van der Waals surface area (Å²) < 4.78 is 69.9. The van der Waals surface area contributed by atoms with Crippen LogP contribution in [-0.2, 0) is 0 Å². The molecule has 0 saturated heterocycles. The minimum atomic E-state index is -0.365. The van der Waals surface area contributed by atoms with Crippen molar-refractivity contribution in [2.24, 2.45) is 0 Å². The van der Waals surface area contributed by atoms with Crippen LogP contribution in [0.4, 0.5) is 0 Å². The molecule has 0 aliphatic heterocycles. The van der Waals surface area contributed by atoms with Gasteiger partial charge in [0.25, 0.3) is 0 Å². The Hall–Kier alpha value is -6.63. The zero-order valence-corrected chi connectivity index (χ0v) is 27.4. The smallest absolute Gasteiger partial charge is 0.164 e. The Morgan fingerprint density at radius 3 is 2.16 bits per heavy atom. The van der Waals surface area contributed by atoms with Gasteiger partial charge in [0, 0.05) is 64.0 Å².